The highest BCUT2D eigenvalue weighted by molar-refractivity contribution is 5.81. The molecule has 0 radical (unpaired) electrons. The van der Waals surface area contributed by atoms with Crippen molar-refractivity contribution in [1.82, 2.24) is 9.97 Å². The first-order chi connectivity index (χ1) is 13.9. The van der Waals surface area contributed by atoms with Crippen LogP contribution < -0.4 is 10.1 Å². The van der Waals surface area contributed by atoms with Crippen LogP contribution in [0, 0.1) is 17.7 Å². The van der Waals surface area contributed by atoms with Gasteiger partial charge in [-0.15, -0.1) is 0 Å². The highest BCUT2D eigenvalue weighted by Crippen LogP contribution is 2.55. The van der Waals surface area contributed by atoms with E-state index in [0.29, 0.717) is 0 Å². The molecule has 3 aromatic rings. The van der Waals surface area contributed by atoms with Gasteiger partial charge in [0, 0.05) is 29.2 Å². The molecule has 0 saturated carbocycles. The fraction of sp³-hybridized carbons (Fsp3) is 0.143. The quantitative estimate of drug-likeness (QED) is 0.481. The molecule has 8 heteroatoms. The van der Waals surface area contributed by atoms with Gasteiger partial charge in [0.1, 0.15) is 17.2 Å². The van der Waals surface area contributed by atoms with E-state index in [-0.39, 0.29) is 34.1 Å². The van der Waals surface area contributed by atoms with Gasteiger partial charge in [0.2, 0.25) is 5.88 Å². The summed E-state index contributed by atoms with van der Waals surface area (Å²) in [5, 5.41) is 2.87. The maximum absolute atomic E-state index is 14.7. The SMILES string of the molecule is COc1nccc2c1Nc1ccc(F)cc1C2(C#Cc1ccccn1)C(F)(F)F. The Balaban J connectivity index is 2.10. The van der Waals surface area contributed by atoms with Gasteiger partial charge in [0.15, 0.2) is 5.41 Å². The van der Waals surface area contributed by atoms with Gasteiger partial charge in [0.05, 0.1) is 7.11 Å². The average Bonchev–Trinajstić information content (AvgIpc) is 2.71. The molecule has 4 rings (SSSR count). The molecule has 0 amide bonds. The number of fused-ring (bicyclic) bond motifs is 2. The van der Waals surface area contributed by atoms with E-state index >= 15 is 0 Å². The van der Waals surface area contributed by atoms with Gasteiger partial charge in [-0.05, 0) is 42.3 Å². The number of nitrogens with one attached hydrogen (secondary N) is 1. The van der Waals surface area contributed by atoms with E-state index in [4.69, 9.17) is 4.74 Å². The Kier molecular flexibility index (Phi) is 4.38. The number of benzene rings is 1. The topological polar surface area (TPSA) is 47.0 Å². The minimum Gasteiger partial charge on any atom is -0.480 e. The Morgan fingerprint density at radius 2 is 1.86 bits per heavy atom. The average molecular weight is 399 g/mol. The van der Waals surface area contributed by atoms with Crippen molar-refractivity contribution in [2.24, 2.45) is 0 Å². The van der Waals surface area contributed by atoms with Crippen LogP contribution in [0.5, 0.6) is 5.88 Å². The number of hydrogen-bond donors (Lipinski definition) is 1. The Hall–Kier alpha value is -3.60. The van der Waals surface area contributed by atoms with Crippen LogP contribution in [0.3, 0.4) is 0 Å². The highest BCUT2D eigenvalue weighted by atomic mass is 19.4. The standard InChI is InChI=1S/C21H13F4N3O/c1-29-19-18-15(8-11-27-19)20(21(23,24)25,9-7-14-4-2-3-10-26-14)16-12-13(22)5-6-17(16)28-18/h2-6,8,10-12,28H,1H3. The first-order valence-corrected chi connectivity index (χ1v) is 8.48. The molecule has 146 valence electrons. The molecular formula is C21H13F4N3O. The van der Waals surface area contributed by atoms with Crippen molar-refractivity contribution in [3.63, 3.8) is 0 Å². The van der Waals surface area contributed by atoms with Crippen LogP contribution in [0.4, 0.5) is 28.9 Å². The molecule has 2 aromatic heterocycles. The smallest absolute Gasteiger partial charge is 0.413 e. The maximum Gasteiger partial charge on any atom is 0.413 e. The van der Waals surface area contributed by atoms with E-state index in [0.717, 1.165) is 12.1 Å². The minimum atomic E-state index is -4.87. The van der Waals surface area contributed by atoms with Gasteiger partial charge in [-0.1, -0.05) is 12.0 Å². The second kappa shape index (κ2) is 6.78. The van der Waals surface area contributed by atoms with Gasteiger partial charge in [-0.2, -0.15) is 13.2 Å². The second-order valence-corrected chi connectivity index (χ2v) is 6.27. The number of methoxy groups -OCH3 is 1. The maximum atomic E-state index is 14.7. The third kappa shape index (κ3) is 2.95. The van der Waals surface area contributed by atoms with E-state index in [2.05, 4.69) is 27.1 Å². The summed E-state index contributed by atoms with van der Waals surface area (Å²) in [7, 11) is 1.30. The summed E-state index contributed by atoms with van der Waals surface area (Å²) in [6.45, 7) is 0. The number of pyridine rings is 2. The molecule has 1 aromatic carbocycles. The predicted octanol–water partition coefficient (Wildman–Crippen LogP) is 4.58. The number of alkyl halides is 3. The van der Waals surface area contributed by atoms with Crippen LogP contribution in [0.2, 0.25) is 0 Å². The molecule has 29 heavy (non-hydrogen) atoms. The van der Waals surface area contributed by atoms with Crippen molar-refractivity contribution < 1.29 is 22.3 Å². The molecule has 0 fully saturated rings. The number of nitrogens with zero attached hydrogens (tertiary/aromatic N) is 2. The van der Waals surface area contributed by atoms with Crippen LogP contribution in [0.1, 0.15) is 16.8 Å². The molecule has 3 heterocycles. The summed E-state index contributed by atoms with van der Waals surface area (Å²) < 4.78 is 63.2. The van der Waals surface area contributed by atoms with E-state index < -0.39 is 17.4 Å². The monoisotopic (exact) mass is 399 g/mol. The molecule has 0 spiro atoms. The predicted molar refractivity (Wildman–Crippen MR) is 98.4 cm³/mol. The number of rotatable bonds is 1. The Bertz CT molecular complexity index is 1140. The summed E-state index contributed by atoms with van der Waals surface area (Å²) in [5.74, 6) is 4.04. The third-order valence-electron chi connectivity index (χ3n) is 4.63. The van der Waals surface area contributed by atoms with Crippen molar-refractivity contribution in [1.29, 1.82) is 0 Å². The third-order valence-corrected chi connectivity index (χ3v) is 4.63. The van der Waals surface area contributed by atoms with Gasteiger partial charge in [-0.3, -0.25) is 0 Å². The van der Waals surface area contributed by atoms with Gasteiger partial charge in [0.25, 0.3) is 0 Å². The molecule has 1 unspecified atom stereocenters. The molecule has 0 aliphatic carbocycles. The van der Waals surface area contributed by atoms with Crippen LogP contribution in [-0.2, 0) is 5.41 Å². The molecule has 4 nitrogen and oxygen atoms in total. The Morgan fingerprint density at radius 3 is 2.55 bits per heavy atom. The Labute approximate surface area is 163 Å². The zero-order chi connectivity index (χ0) is 20.6. The van der Waals surface area contributed by atoms with Crippen molar-refractivity contribution in [2.75, 3.05) is 12.4 Å². The number of halogens is 4. The first-order valence-electron chi connectivity index (χ1n) is 8.48. The van der Waals surface area contributed by atoms with E-state index in [1.54, 1.807) is 12.1 Å². The summed E-state index contributed by atoms with van der Waals surface area (Å²) in [4.78, 5) is 7.95. The van der Waals surface area contributed by atoms with Crippen molar-refractivity contribution in [2.45, 2.75) is 11.6 Å². The lowest BCUT2D eigenvalue weighted by molar-refractivity contribution is -0.161. The summed E-state index contributed by atoms with van der Waals surface area (Å²) in [5.41, 5.74) is -3.11. The van der Waals surface area contributed by atoms with E-state index in [9.17, 15) is 17.6 Å². The van der Waals surface area contributed by atoms with E-state index in [1.807, 2.05) is 0 Å². The molecule has 0 bridgehead atoms. The molecule has 1 aliphatic heterocycles. The fourth-order valence-corrected chi connectivity index (χ4v) is 3.35. The zero-order valence-electron chi connectivity index (χ0n) is 15.0. The zero-order valence-corrected chi connectivity index (χ0v) is 15.0. The van der Waals surface area contributed by atoms with Crippen LogP contribution in [0.25, 0.3) is 0 Å². The van der Waals surface area contributed by atoms with Crippen molar-refractivity contribution in [3.8, 4) is 17.7 Å². The number of ether oxygens (including phenoxy) is 1. The molecule has 1 aliphatic rings. The molecule has 0 saturated heterocycles. The second-order valence-electron chi connectivity index (χ2n) is 6.27. The van der Waals surface area contributed by atoms with Gasteiger partial charge >= 0.3 is 6.18 Å². The largest absolute Gasteiger partial charge is 0.480 e. The van der Waals surface area contributed by atoms with Gasteiger partial charge in [-0.25, -0.2) is 14.4 Å². The number of hydrogen-bond acceptors (Lipinski definition) is 4. The number of aromatic nitrogens is 2. The molecule has 1 N–H and O–H groups in total. The van der Waals surface area contributed by atoms with Crippen molar-refractivity contribution >= 4 is 11.4 Å². The lowest BCUT2D eigenvalue weighted by atomic mass is 9.71. The summed E-state index contributed by atoms with van der Waals surface area (Å²) >= 11 is 0. The minimum absolute atomic E-state index is 0.0225. The van der Waals surface area contributed by atoms with Crippen LogP contribution in [-0.4, -0.2) is 23.3 Å². The summed E-state index contributed by atoms with van der Waals surface area (Å²) in [6, 6.07) is 9.12. The van der Waals surface area contributed by atoms with Crippen LogP contribution in [0.15, 0.2) is 54.9 Å². The highest BCUT2D eigenvalue weighted by Gasteiger charge is 2.60. The lowest BCUT2D eigenvalue weighted by Crippen LogP contribution is -2.45. The molecular weight excluding hydrogens is 386 g/mol. The van der Waals surface area contributed by atoms with Crippen molar-refractivity contribution in [3.05, 3.63) is 77.5 Å². The lowest BCUT2D eigenvalue weighted by Gasteiger charge is -2.38. The first kappa shape index (κ1) is 18.7. The number of anilines is 2. The Morgan fingerprint density at radius 1 is 1.03 bits per heavy atom. The normalized spacial score (nSPS) is 17.3. The molecule has 1 atom stereocenters. The summed E-state index contributed by atoms with van der Waals surface area (Å²) in [6.07, 6.45) is -2.24. The van der Waals surface area contributed by atoms with Crippen LogP contribution >= 0.6 is 0 Å². The van der Waals surface area contributed by atoms with E-state index in [1.165, 1.54) is 37.7 Å². The fourth-order valence-electron chi connectivity index (χ4n) is 3.35. The van der Waals surface area contributed by atoms with Gasteiger partial charge < -0.3 is 10.1 Å².